The molecule has 1 amide bonds. The first-order valence-electron chi connectivity index (χ1n) is 7.31. The van der Waals surface area contributed by atoms with Crippen LogP contribution < -0.4 is 4.31 Å². The lowest BCUT2D eigenvalue weighted by atomic mass is 10.3. The lowest BCUT2D eigenvalue weighted by Crippen LogP contribution is -2.43. The number of halogens is 1. The van der Waals surface area contributed by atoms with Crippen LogP contribution in [0, 0.1) is 0 Å². The maximum atomic E-state index is 12.5. The van der Waals surface area contributed by atoms with Gasteiger partial charge in [-0.1, -0.05) is 26.0 Å². The fourth-order valence-corrected chi connectivity index (χ4v) is 3.64. The third-order valence-corrected chi connectivity index (χ3v) is 4.94. The molecule has 1 aromatic carbocycles. The Morgan fingerprint density at radius 3 is 2.14 bits per heavy atom. The van der Waals surface area contributed by atoms with Crippen LogP contribution in [0.3, 0.4) is 0 Å². The third-order valence-electron chi connectivity index (χ3n) is 3.14. The van der Waals surface area contributed by atoms with Crippen LogP contribution in [0.5, 0.6) is 0 Å². The van der Waals surface area contributed by atoms with E-state index in [4.69, 9.17) is 0 Å². The quantitative estimate of drug-likeness (QED) is 0.685. The van der Waals surface area contributed by atoms with Gasteiger partial charge in [0.2, 0.25) is 15.9 Å². The summed E-state index contributed by atoms with van der Waals surface area (Å²) in [6.07, 6.45) is 2.81. The highest BCUT2D eigenvalue weighted by Crippen LogP contribution is 2.27. The molecule has 0 radical (unpaired) electrons. The zero-order valence-electron chi connectivity index (χ0n) is 13.3. The van der Waals surface area contributed by atoms with E-state index in [9.17, 15) is 13.2 Å². The summed E-state index contributed by atoms with van der Waals surface area (Å²) in [5, 5.41) is 0. The van der Waals surface area contributed by atoms with Crippen LogP contribution in [-0.2, 0) is 14.8 Å². The molecule has 0 aliphatic heterocycles. The van der Waals surface area contributed by atoms with Crippen molar-refractivity contribution in [1.82, 2.24) is 4.90 Å². The third kappa shape index (κ3) is 5.28. The molecule has 0 fully saturated rings. The minimum absolute atomic E-state index is 0.176. The zero-order chi connectivity index (χ0) is 16.8. The smallest absolute Gasteiger partial charge is 0.243 e. The predicted octanol–water partition coefficient (Wildman–Crippen LogP) is 2.86. The summed E-state index contributed by atoms with van der Waals surface area (Å²) in [5.74, 6) is -0.176. The molecule has 5 nitrogen and oxygen atoms in total. The van der Waals surface area contributed by atoms with Gasteiger partial charge in [-0.05, 0) is 40.9 Å². The van der Waals surface area contributed by atoms with Crippen molar-refractivity contribution in [2.24, 2.45) is 0 Å². The number of sulfonamides is 1. The second kappa shape index (κ2) is 8.53. The van der Waals surface area contributed by atoms with Gasteiger partial charge >= 0.3 is 0 Å². The fraction of sp³-hybridized carbons (Fsp3) is 0.533. The first kappa shape index (κ1) is 19.0. The molecule has 1 aromatic rings. The average molecular weight is 391 g/mol. The van der Waals surface area contributed by atoms with E-state index < -0.39 is 10.0 Å². The molecule has 0 unspecified atom stereocenters. The Balaban J connectivity index is 3.05. The van der Waals surface area contributed by atoms with Crippen LogP contribution in [0.25, 0.3) is 0 Å². The second-order valence-corrected chi connectivity index (χ2v) is 7.86. The van der Waals surface area contributed by atoms with Gasteiger partial charge in [0.15, 0.2) is 0 Å². The largest absolute Gasteiger partial charge is 0.341 e. The minimum atomic E-state index is -3.54. The van der Waals surface area contributed by atoms with Gasteiger partial charge in [0, 0.05) is 17.6 Å². The first-order chi connectivity index (χ1) is 10.3. The molecule has 0 saturated carbocycles. The van der Waals surface area contributed by atoms with Crippen LogP contribution in [0.4, 0.5) is 5.69 Å². The highest BCUT2D eigenvalue weighted by molar-refractivity contribution is 9.10. The molecular formula is C15H23BrN2O3S. The van der Waals surface area contributed by atoms with Crippen LogP contribution in [0.2, 0.25) is 0 Å². The molecule has 0 bridgehead atoms. The lowest BCUT2D eigenvalue weighted by Gasteiger charge is -2.27. The summed E-state index contributed by atoms with van der Waals surface area (Å²) in [6, 6.07) is 6.99. The standard InChI is InChI=1S/C15H23BrN2O3S/c1-4-10-17(11-5-2)15(19)12-18(22(3,20)21)14-9-7-6-8-13(14)16/h6-9H,4-5,10-12H2,1-3H3. The van der Waals surface area contributed by atoms with Gasteiger partial charge in [-0.15, -0.1) is 0 Å². The summed E-state index contributed by atoms with van der Waals surface area (Å²) < 4.78 is 26.0. The number of carbonyl (C=O) groups is 1. The molecule has 0 aliphatic carbocycles. The second-order valence-electron chi connectivity index (χ2n) is 5.10. The highest BCUT2D eigenvalue weighted by Gasteiger charge is 2.24. The Morgan fingerprint density at radius 1 is 1.14 bits per heavy atom. The van der Waals surface area contributed by atoms with E-state index in [0.29, 0.717) is 23.2 Å². The molecule has 0 atom stereocenters. The van der Waals surface area contributed by atoms with Crippen molar-refractivity contribution in [3.63, 3.8) is 0 Å². The first-order valence-corrected chi connectivity index (χ1v) is 9.95. The van der Waals surface area contributed by atoms with Crippen molar-refractivity contribution >= 4 is 37.5 Å². The Bertz CT molecular complexity index is 599. The van der Waals surface area contributed by atoms with E-state index in [1.54, 1.807) is 29.2 Å². The highest BCUT2D eigenvalue weighted by atomic mass is 79.9. The normalized spacial score (nSPS) is 11.3. The molecule has 124 valence electrons. The lowest BCUT2D eigenvalue weighted by molar-refractivity contribution is -0.129. The maximum Gasteiger partial charge on any atom is 0.243 e. The van der Waals surface area contributed by atoms with E-state index >= 15 is 0 Å². The zero-order valence-corrected chi connectivity index (χ0v) is 15.7. The summed E-state index contributed by atoms with van der Waals surface area (Å²) >= 11 is 3.35. The number of rotatable bonds is 8. The number of anilines is 1. The molecule has 0 spiro atoms. The van der Waals surface area contributed by atoms with Crippen molar-refractivity contribution in [1.29, 1.82) is 0 Å². The Labute approximate surface area is 141 Å². The molecule has 1 rings (SSSR count). The maximum absolute atomic E-state index is 12.5. The van der Waals surface area contributed by atoms with Crippen LogP contribution in [0.15, 0.2) is 28.7 Å². The summed E-state index contributed by atoms with van der Waals surface area (Å²) in [6.45, 7) is 5.10. The summed E-state index contributed by atoms with van der Waals surface area (Å²) in [4.78, 5) is 14.2. The number of nitrogens with zero attached hydrogens (tertiary/aromatic N) is 2. The number of benzene rings is 1. The van der Waals surface area contributed by atoms with Gasteiger partial charge < -0.3 is 4.90 Å². The van der Waals surface area contributed by atoms with Crippen molar-refractivity contribution in [2.75, 3.05) is 30.2 Å². The molecule has 0 aliphatic rings. The van der Waals surface area contributed by atoms with E-state index in [1.807, 2.05) is 13.8 Å². The number of hydrogen-bond donors (Lipinski definition) is 0. The summed E-state index contributed by atoms with van der Waals surface area (Å²) in [7, 11) is -3.54. The molecular weight excluding hydrogens is 368 g/mol. The van der Waals surface area contributed by atoms with E-state index in [1.165, 1.54) is 0 Å². The average Bonchev–Trinajstić information content (AvgIpc) is 2.44. The number of amides is 1. The van der Waals surface area contributed by atoms with E-state index in [0.717, 1.165) is 23.4 Å². The summed E-state index contributed by atoms with van der Waals surface area (Å²) in [5.41, 5.74) is 0.478. The van der Waals surface area contributed by atoms with Crippen LogP contribution in [0.1, 0.15) is 26.7 Å². The molecule has 0 aromatic heterocycles. The molecule has 0 N–H and O–H groups in total. The van der Waals surface area contributed by atoms with Gasteiger partial charge in [0.05, 0.1) is 11.9 Å². The Hall–Kier alpha value is -1.08. The number of carbonyl (C=O) groups excluding carboxylic acids is 1. The topological polar surface area (TPSA) is 57.7 Å². The molecule has 0 heterocycles. The van der Waals surface area contributed by atoms with E-state index in [2.05, 4.69) is 15.9 Å². The van der Waals surface area contributed by atoms with E-state index in [-0.39, 0.29) is 12.5 Å². The molecule has 22 heavy (non-hydrogen) atoms. The van der Waals surface area contributed by atoms with Crippen molar-refractivity contribution in [3.05, 3.63) is 28.7 Å². The van der Waals surface area contributed by atoms with Crippen molar-refractivity contribution in [2.45, 2.75) is 26.7 Å². The Kier molecular flexibility index (Phi) is 7.35. The fourth-order valence-electron chi connectivity index (χ4n) is 2.16. The van der Waals surface area contributed by atoms with Gasteiger partial charge in [0.25, 0.3) is 0 Å². The van der Waals surface area contributed by atoms with Gasteiger partial charge in [-0.2, -0.15) is 0 Å². The monoisotopic (exact) mass is 390 g/mol. The van der Waals surface area contributed by atoms with Gasteiger partial charge in [0.1, 0.15) is 6.54 Å². The molecule has 7 heteroatoms. The van der Waals surface area contributed by atoms with Gasteiger partial charge in [-0.3, -0.25) is 9.10 Å². The molecule has 0 saturated heterocycles. The van der Waals surface area contributed by atoms with Crippen LogP contribution >= 0.6 is 15.9 Å². The predicted molar refractivity (Wildman–Crippen MR) is 93.5 cm³/mol. The Morgan fingerprint density at radius 2 is 1.68 bits per heavy atom. The van der Waals surface area contributed by atoms with Gasteiger partial charge in [-0.25, -0.2) is 8.42 Å². The minimum Gasteiger partial charge on any atom is -0.341 e. The SMILES string of the molecule is CCCN(CCC)C(=O)CN(c1ccccc1Br)S(C)(=O)=O. The van der Waals surface area contributed by atoms with Crippen molar-refractivity contribution in [3.8, 4) is 0 Å². The van der Waals surface area contributed by atoms with Crippen molar-refractivity contribution < 1.29 is 13.2 Å². The number of hydrogen-bond acceptors (Lipinski definition) is 3. The number of para-hydroxylation sites is 1. The van der Waals surface area contributed by atoms with Crippen LogP contribution in [-0.4, -0.2) is 45.1 Å².